The molecule has 0 saturated heterocycles. The summed E-state index contributed by atoms with van der Waals surface area (Å²) in [6.45, 7) is 2.02. The first-order chi connectivity index (χ1) is 14.8. The minimum Gasteiger partial charge on any atom is -0.484 e. The van der Waals surface area contributed by atoms with E-state index in [0.29, 0.717) is 11.4 Å². The zero-order valence-corrected chi connectivity index (χ0v) is 18.4. The van der Waals surface area contributed by atoms with Gasteiger partial charge in [-0.25, -0.2) is 8.42 Å². The molecule has 0 radical (unpaired) electrons. The van der Waals surface area contributed by atoms with Gasteiger partial charge in [-0.05, 0) is 42.3 Å². The number of hydrogen-bond acceptors (Lipinski definition) is 4. The molecule has 162 valence electrons. The third kappa shape index (κ3) is 6.58. The Bertz CT molecular complexity index is 1090. The second-order valence-corrected chi connectivity index (χ2v) is 9.14. The van der Waals surface area contributed by atoms with Gasteiger partial charge >= 0.3 is 0 Å². The zero-order chi connectivity index (χ0) is 22.3. The van der Waals surface area contributed by atoms with Gasteiger partial charge in [0.25, 0.3) is 5.91 Å². The van der Waals surface area contributed by atoms with Crippen LogP contribution in [0.15, 0.2) is 84.9 Å². The minimum atomic E-state index is -3.47. The topological polar surface area (TPSA) is 75.7 Å². The number of rotatable bonds is 9. The van der Waals surface area contributed by atoms with E-state index in [2.05, 4.69) is 5.32 Å². The highest BCUT2D eigenvalue weighted by Crippen LogP contribution is 2.23. The van der Waals surface area contributed by atoms with E-state index in [4.69, 9.17) is 4.74 Å². The minimum absolute atomic E-state index is 0.124. The largest absolute Gasteiger partial charge is 0.484 e. The maximum absolute atomic E-state index is 12.3. The molecule has 0 bridgehead atoms. The average molecular weight is 439 g/mol. The molecule has 0 spiro atoms. The third-order valence-corrected chi connectivity index (χ3v) is 5.88. The molecule has 0 aliphatic heterocycles. The van der Waals surface area contributed by atoms with E-state index in [1.54, 1.807) is 24.3 Å². The van der Waals surface area contributed by atoms with Gasteiger partial charge in [0.05, 0.1) is 24.5 Å². The number of ether oxygens (including phenoxy) is 1. The number of nitrogens with one attached hydrogen (secondary N) is 1. The Morgan fingerprint density at radius 3 is 2.10 bits per heavy atom. The summed E-state index contributed by atoms with van der Waals surface area (Å²) in [6, 6.07) is 25.6. The van der Waals surface area contributed by atoms with E-state index < -0.39 is 10.0 Å². The van der Waals surface area contributed by atoms with Crippen LogP contribution < -0.4 is 14.4 Å². The number of carbonyl (C=O) groups excluding carboxylic acids is 1. The van der Waals surface area contributed by atoms with Gasteiger partial charge in [-0.3, -0.25) is 9.10 Å². The lowest BCUT2D eigenvalue weighted by molar-refractivity contribution is -0.123. The highest BCUT2D eigenvalue weighted by Gasteiger charge is 2.18. The van der Waals surface area contributed by atoms with Crippen molar-refractivity contribution in [2.75, 3.05) is 17.2 Å². The number of hydrogen-bond donors (Lipinski definition) is 1. The van der Waals surface area contributed by atoms with Crippen LogP contribution in [0.3, 0.4) is 0 Å². The summed E-state index contributed by atoms with van der Waals surface area (Å²) in [6.07, 6.45) is 1.18. The SMILES string of the molecule is CC(NC(=O)COc1ccc(N(Cc2ccccc2)S(C)(=O)=O)cc1)c1ccccc1. The van der Waals surface area contributed by atoms with Crippen LogP contribution in [0.4, 0.5) is 5.69 Å². The molecular weight excluding hydrogens is 412 g/mol. The summed E-state index contributed by atoms with van der Waals surface area (Å²) >= 11 is 0. The molecule has 0 aliphatic rings. The van der Waals surface area contributed by atoms with Crippen molar-refractivity contribution in [2.45, 2.75) is 19.5 Å². The van der Waals surface area contributed by atoms with Crippen molar-refractivity contribution in [3.8, 4) is 5.75 Å². The highest BCUT2D eigenvalue weighted by molar-refractivity contribution is 7.92. The second kappa shape index (κ2) is 10.1. The first-order valence-electron chi connectivity index (χ1n) is 9.92. The number of anilines is 1. The first-order valence-corrected chi connectivity index (χ1v) is 11.8. The molecule has 0 heterocycles. The van der Waals surface area contributed by atoms with E-state index in [9.17, 15) is 13.2 Å². The molecule has 3 aromatic rings. The predicted octanol–water partition coefficient (Wildman–Crippen LogP) is 3.91. The van der Waals surface area contributed by atoms with E-state index >= 15 is 0 Å². The van der Waals surface area contributed by atoms with Crippen molar-refractivity contribution in [1.29, 1.82) is 0 Å². The lowest BCUT2D eigenvalue weighted by Crippen LogP contribution is -2.31. The fourth-order valence-electron chi connectivity index (χ4n) is 3.11. The molecule has 1 amide bonds. The van der Waals surface area contributed by atoms with Crippen LogP contribution in [0.2, 0.25) is 0 Å². The molecule has 1 unspecified atom stereocenters. The van der Waals surface area contributed by atoms with Gasteiger partial charge in [-0.2, -0.15) is 0 Å². The van der Waals surface area contributed by atoms with Gasteiger partial charge in [-0.1, -0.05) is 60.7 Å². The molecule has 7 heteroatoms. The van der Waals surface area contributed by atoms with Gasteiger partial charge < -0.3 is 10.1 Å². The predicted molar refractivity (Wildman–Crippen MR) is 122 cm³/mol. The van der Waals surface area contributed by atoms with E-state index in [-0.39, 0.29) is 25.1 Å². The number of carbonyl (C=O) groups is 1. The molecule has 31 heavy (non-hydrogen) atoms. The van der Waals surface area contributed by atoms with Crippen LogP contribution in [0.25, 0.3) is 0 Å². The standard InChI is InChI=1S/C24H26N2O4S/c1-19(21-11-7-4-8-12-21)25-24(27)18-30-23-15-13-22(14-16-23)26(31(2,28)29)17-20-9-5-3-6-10-20/h3-16,19H,17-18H2,1-2H3,(H,25,27). The number of benzene rings is 3. The average Bonchev–Trinajstić information content (AvgIpc) is 2.77. The van der Waals surface area contributed by atoms with Crippen LogP contribution in [0.1, 0.15) is 24.1 Å². The van der Waals surface area contributed by atoms with Gasteiger partial charge in [0.15, 0.2) is 6.61 Å². The van der Waals surface area contributed by atoms with Crippen molar-refractivity contribution in [3.05, 3.63) is 96.1 Å². The summed E-state index contributed by atoms with van der Waals surface area (Å²) in [5, 5.41) is 2.89. The Balaban J connectivity index is 1.60. The maximum atomic E-state index is 12.3. The Morgan fingerprint density at radius 2 is 1.52 bits per heavy atom. The summed E-state index contributed by atoms with van der Waals surface area (Å²) in [4.78, 5) is 12.2. The fourth-order valence-corrected chi connectivity index (χ4v) is 4.00. The molecule has 0 aliphatic carbocycles. The third-order valence-electron chi connectivity index (χ3n) is 4.74. The molecule has 0 fully saturated rings. The zero-order valence-electron chi connectivity index (χ0n) is 17.6. The van der Waals surface area contributed by atoms with Crippen molar-refractivity contribution < 1.29 is 17.9 Å². The number of nitrogens with zero attached hydrogens (tertiary/aromatic N) is 1. The Labute approximate surface area is 183 Å². The summed E-state index contributed by atoms with van der Waals surface area (Å²) < 4.78 is 31.5. The Hall–Kier alpha value is -3.32. The van der Waals surface area contributed by atoms with E-state index in [1.165, 1.54) is 10.6 Å². The molecule has 3 aromatic carbocycles. The number of amides is 1. The molecule has 1 atom stereocenters. The van der Waals surface area contributed by atoms with E-state index in [0.717, 1.165) is 11.1 Å². The second-order valence-electron chi connectivity index (χ2n) is 7.24. The monoisotopic (exact) mass is 438 g/mol. The quantitative estimate of drug-likeness (QED) is 0.550. The summed E-state index contributed by atoms with van der Waals surface area (Å²) in [5.74, 6) is 0.252. The van der Waals surface area contributed by atoms with Crippen LogP contribution in [0, 0.1) is 0 Å². The lowest BCUT2D eigenvalue weighted by Gasteiger charge is -2.23. The molecule has 0 aromatic heterocycles. The fraction of sp³-hybridized carbons (Fsp3) is 0.208. The van der Waals surface area contributed by atoms with Crippen LogP contribution in [-0.4, -0.2) is 27.2 Å². The summed E-state index contributed by atoms with van der Waals surface area (Å²) in [7, 11) is -3.47. The van der Waals surface area contributed by atoms with Gasteiger partial charge in [0, 0.05) is 0 Å². The maximum Gasteiger partial charge on any atom is 0.258 e. The summed E-state index contributed by atoms with van der Waals surface area (Å²) in [5.41, 5.74) is 2.43. The molecular formula is C24H26N2O4S. The smallest absolute Gasteiger partial charge is 0.258 e. The Kier molecular flexibility index (Phi) is 7.31. The van der Waals surface area contributed by atoms with Crippen molar-refractivity contribution in [2.24, 2.45) is 0 Å². The normalized spacial score (nSPS) is 12.1. The van der Waals surface area contributed by atoms with Crippen LogP contribution in [-0.2, 0) is 21.4 Å². The highest BCUT2D eigenvalue weighted by atomic mass is 32.2. The number of sulfonamides is 1. The van der Waals surface area contributed by atoms with Gasteiger partial charge in [-0.15, -0.1) is 0 Å². The lowest BCUT2D eigenvalue weighted by atomic mass is 10.1. The first kappa shape index (κ1) is 22.4. The van der Waals surface area contributed by atoms with Crippen molar-refractivity contribution in [1.82, 2.24) is 5.32 Å². The van der Waals surface area contributed by atoms with Crippen LogP contribution >= 0.6 is 0 Å². The molecule has 1 N–H and O–H groups in total. The molecule has 0 saturated carbocycles. The van der Waals surface area contributed by atoms with Crippen molar-refractivity contribution >= 4 is 21.6 Å². The van der Waals surface area contributed by atoms with E-state index in [1.807, 2.05) is 67.6 Å². The van der Waals surface area contributed by atoms with Crippen molar-refractivity contribution in [3.63, 3.8) is 0 Å². The molecule has 6 nitrogen and oxygen atoms in total. The van der Waals surface area contributed by atoms with Crippen LogP contribution in [0.5, 0.6) is 5.75 Å². The van der Waals surface area contributed by atoms with Gasteiger partial charge in [0.2, 0.25) is 10.0 Å². The Morgan fingerprint density at radius 1 is 0.935 bits per heavy atom. The van der Waals surface area contributed by atoms with Gasteiger partial charge in [0.1, 0.15) is 5.75 Å². The molecule has 3 rings (SSSR count).